The van der Waals surface area contributed by atoms with E-state index in [4.69, 9.17) is 0 Å². The van der Waals surface area contributed by atoms with Gasteiger partial charge in [-0.25, -0.2) is 4.79 Å². The van der Waals surface area contributed by atoms with Gasteiger partial charge in [0.15, 0.2) is 0 Å². The van der Waals surface area contributed by atoms with Gasteiger partial charge in [-0.15, -0.1) is 0 Å². The number of hydrogen-bond acceptors (Lipinski definition) is 3. The normalized spacial score (nSPS) is 16.0. The van der Waals surface area contributed by atoms with Crippen molar-refractivity contribution in [2.45, 2.75) is 0 Å². The first-order valence-electron chi connectivity index (χ1n) is 4.18. The van der Waals surface area contributed by atoms with Crippen LogP contribution < -0.4 is 10.6 Å². The Hall–Kier alpha value is -2.37. The highest BCUT2D eigenvalue weighted by Gasteiger charge is 2.27. The molecule has 6 nitrogen and oxygen atoms in total. The van der Waals surface area contributed by atoms with Crippen molar-refractivity contribution in [3.8, 4) is 0 Å². The predicted molar refractivity (Wildman–Crippen MR) is 50.5 cm³/mol. The number of carbonyl (C=O) groups is 3. The van der Waals surface area contributed by atoms with E-state index in [0.717, 1.165) is 0 Å². The van der Waals surface area contributed by atoms with Crippen molar-refractivity contribution < 1.29 is 14.4 Å². The average molecular weight is 205 g/mol. The number of rotatable bonds is 1. The second kappa shape index (κ2) is 3.41. The Labute approximate surface area is 84.4 Å². The fraction of sp³-hybridized carbons (Fsp3) is 0. The van der Waals surface area contributed by atoms with Crippen molar-refractivity contribution in [3.05, 3.63) is 29.6 Å². The highest BCUT2D eigenvalue weighted by molar-refractivity contribution is 6.31. The van der Waals surface area contributed by atoms with Gasteiger partial charge in [0.2, 0.25) is 0 Å². The smallest absolute Gasteiger partial charge is 0.328 e. The number of amides is 4. The molecule has 1 aromatic rings. The monoisotopic (exact) mass is 205 g/mol. The topological polar surface area (TPSA) is 91.1 Å². The van der Waals surface area contributed by atoms with Gasteiger partial charge in [0.05, 0.1) is 0 Å². The van der Waals surface area contributed by atoms with E-state index >= 15 is 0 Å². The lowest BCUT2D eigenvalue weighted by atomic mass is 10.1. The summed E-state index contributed by atoms with van der Waals surface area (Å²) < 4.78 is 0. The molecule has 0 aliphatic carbocycles. The third kappa shape index (κ3) is 1.78. The van der Waals surface area contributed by atoms with E-state index in [0.29, 0.717) is 5.69 Å². The predicted octanol–water partition coefficient (Wildman–Crippen LogP) is -0.236. The van der Waals surface area contributed by atoms with Crippen molar-refractivity contribution in [1.82, 2.24) is 15.6 Å². The van der Waals surface area contributed by atoms with Gasteiger partial charge in [-0.2, -0.15) is 0 Å². The second-order valence-electron chi connectivity index (χ2n) is 2.92. The van der Waals surface area contributed by atoms with Gasteiger partial charge >= 0.3 is 6.03 Å². The Morgan fingerprint density at radius 1 is 1.07 bits per heavy atom. The maximum absolute atomic E-state index is 11.3. The molecule has 76 valence electrons. The molecule has 3 N–H and O–H groups in total. The molecule has 2 heterocycles. The molecule has 0 spiro atoms. The summed E-state index contributed by atoms with van der Waals surface area (Å²) in [4.78, 5) is 36.1. The first-order valence-corrected chi connectivity index (χ1v) is 4.18. The maximum atomic E-state index is 11.3. The molecule has 0 atom stereocenters. The number of imide groups is 2. The van der Waals surface area contributed by atoms with Crippen molar-refractivity contribution in [2.75, 3.05) is 0 Å². The van der Waals surface area contributed by atoms with Crippen LogP contribution in [0, 0.1) is 0 Å². The van der Waals surface area contributed by atoms with Gasteiger partial charge < -0.3 is 4.98 Å². The summed E-state index contributed by atoms with van der Waals surface area (Å²) in [5.41, 5.74) is 0.515. The number of nitrogens with one attached hydrogen (secondary N) is 3. The molecule has 15 heavy (non-hydrogen) atoms. The Balaban J connectivity index is 2.32. The van der Waals surface area contributed by atoms with Gasteiger partial charge in [-0.3, -0.25) is 20.2 Å². The third-order valence-corrected chi connectivity index (χ3v) is 1.87. The molecule has 0 bridgehead atoms. The molecule has 4 amide bonds. The van der Waals surface area contributed by atoms with Crippen LogP contribution in [-0.4, -0.2) is 22.8 Å². The Bertz CT molecular complexity index is 437. The lowest BCUT2D eigenvalue weighted by Crippen LogP contribution is -2.51. The van der Waals surface area contributed by atoms with Crippen LogP contribution in [0.3, 0.4) is 0 Å². The van der Waals surface area contributed by atoms with E-state index in [1.165, 1.54) is 6.08 Å². The summed E-state index contributed by atoms with van der Waals surface area (Å²) in [6, 6.07) is 2.63. The molecule has 6 heteroatoms. The molecular weight excluding hydrogens is 198 g/mol. The first kappa shape index (κ1) is 9.20. The minimum Gasteiger partial charge on any atom is -0.362 e. The standard InChI is InChI=1S/C9H7N3O3/c13-7-6(4-5-2-1-3-10-5)8(14)12-9(15)11-7/h1-4,10H,(H2,11,12,13,14,15). The van der Waals surface area contributed by atoms with Crippen LogP contribution in [0.15, 0.2) is 23.9 Å². The van der Waals surface area contributed by atoms with E-state index in [1.807, 2.05) is 10.6 Å². The quantitative estimate of drug-likeness (QED) is 0.436. The number of H-pyrrole nitrogens is 1. The molecule has 0 saturated carbocycles. The van der Waals surface area contributed by atoms with Gasteiger partial charge in [-0.05, 0) is 18.2 Å². The van der Waals surface area contributed by atoms with Crippen LogP contribution in [0.5, 0.6) is 0 Å². The van der Waals surface area contributed by atoms with E-state index in [-0.39, 0.29) is 5.57 Å². The molecule has 1 aliphatic heterocycles. The molecule has 0 radical (unpaired) electrons. The van der Waals surface area contributed by atoms with Gasteiger partial charge in [0.1, 0.15) is 5.57 Å². The molecule has 1 aliphatic rings. The van der Waals surface area contributed by atoms with Crippen molar-refractivity contribution in [1.29, 1.82) is 0 Å². The van der Waals surface area contributed by atoms with Crippen molar-refractivity contribution in [3.63, 3.8) is 0 Å². The zero-order valence-electron chi connectivity index (χ0n) is 7.53. The summed E-state index contributed by atoms with van der Waals surface area (Å²) in [6.45, 7) is 0. The lowest BCUT2D eigenvalue weighted by Gasteiger charge is -2.13. The zero-order valence-corrected chi connectivity index (χ0v) is 7.53. The zero-order chi connectivity index (χ0) is 10.8. The van der Waals surface area contributed by atoms with Crippen LogP contribution >= 0.6 is 0 Å². The Morgan fingerprint density at radius 3 is 2.27 bits per heavy atom. The number of carbonyl (C=O) groups excluding carboxylic acids is 3. The summed E-state index contributed by atoms with van der Waals surface area (Å²) in [6.07, 6.45) is 3.04. The second-order valence-corrected chi connectivity index (χ2v) is 2.92. The van der Waals surface area contributed by atoms with Crippen molar-refractivity contribution >= 4 is 23.9 Å². The number of barbiturate groups is 1. The van der Waals surface area contributed by atoms with E-state index in [1.54, 1.807) is 18.3 Å². The van der Waals surface area contributed by atoms with Crippen LogP contribution in [0.4, 0.5) is 4.79 Å². The molecule has 0 unspecified atom stereocenters. The molecular formula is C9H7N3O3. The fourth-order valence-electron chi connectivity index (χ4n) is 1.20. The molecule has 0 aromatic carbocycles. The van der Waals surface area contributed by atoms with Crippen LogP contribution in [0.25, 0.3) is 6.08 Å². The minimum atomic E-state index is -0.798. The van der Waals surface area contributed by atoms with E-state index in [9.17, 15) is 14.4 Å². The largest absolute Gasteiger partial charge is 0.362 e. The van der Waals surface area contributed by atoms with E-state index < -0.39 is 17.8 Å². The molecule has 1 aromatic heterocycles. The van der Waals surface area contributed by atoms with Crippen molar-refractivity contribution in [2.24, 2.45) is 0 Å². The SMILES string of the molecule is O=C1NC(=O)C(=Cc2ccc[nH]2)C(=O)N1. The average Bonchev–Trinajstić information content (AvgIpc) is 2.63. The van der Waals surface area contributed by atoms with Gasteiger partial charge in [-0.1, -0.05) is 0 Å². The highest BCUT2D eigenvalue weighted by atomic mass is 16.2. The fourth-order valence-corrected chi connectivity index (χ4v) is 1.20. The maximum Gasteiger partial charge on any atom is 0.328 e. The van der Waals surface area contributed by atoms with E-state index in [2.05, 4.69) is 4.98 Å². The summed E-state index contributed by atoms with van der Waals surface area (Å²) >= 11 is 0. The number of aromatic amines is 1. The van der Waals surface area contributed by atoms with Gasteiger partial charge in [0.25, 0.3) is 11.8 Å². The molecule has 1 saturated heterocycles. The van der Waals surface area contributed by atoms with Crippen LogP contribution in [-0.2, 0) is 9.59 Å². The number of aromatic nitrogens is 1. The number of urea groups is 1. The summed E-state index contributed by atoms with van der Waals surface area (Å²) in [7, 11) is 0. The van der Waals surface area contributed by atoms with Gasteiger partial charge in [0, 0.05) is 11.9 Å². The highest BCUT2D eigenvalue weighted by Crippen LogP contribution is 2.07. The van der Waals surface area contributed by atoms with Crippen LogP contribution in [0.1, 0.15) is 5.69 Å². The lowest BCUT2D eigenvalue weighted by molar-refractivity contribution is -0.123. The minimum absolute atomic E-state index is 0.1000. The van der Waals surface area contributed by atoms with Crippen LogP contribution in [0.2, 0.25) is 0 Å². The number of hydrogen-bond donors (Lipinski definition) is 3. The summed E-state index contributed by atoms with van der Waals surface area (Å²) in [5, 5.41) is 3.96. The Kier molecular flexibility index (Phi) is 2.09. The molecule has 2 rings (SSSR count). The molecule has 1 fully saturated rings. The Morgan fingerprint density at radius 2 is 1.73 bits per heavy atom. The third-order valence-electron chi connectivity index (χ3n) is 1.87. The summed E-state index contributed by atoms with van der Waals surface area (Å²) in [5.74, 6) is -1.39. The first-order chi connectivity index (χ1) is 7.16.